The van der Waals surface area contributed by atoms with Gasteiger partial charge >= 0.3 is 5.97 Å². The Hall–Kier alpha value is -1.35. The molecule has 0 aliphatic heterocycles. The molecule has 1 aromatic rings. The molecular formula is C15H23NO2. The van der Waals surface area contributed by atoms with Crippen molar-refractivity contribution in [2.24, 2.45) is 0 Å². The number of carboxylic acids is 1. The number of carboxylic acid groups (broad SMARTS) is 1. The Morgan fingerprint density at radius 2 is 2.06 bits per heavy atom. The van der Waals surface area contributed by atoms with Crippen LogP contribution in [-0.2, 0) is 10.3 Å². The SMILES string of the molecule is CCCNC(C)(CC(=O)O)c1ccc(C)cc1C. The van der Waals surface area contributed by atoms with Crippen molar-refractivity contribution in [1.82, 2.24) is 5.32 Å². The van der Waals surface area contributed by atoms with Crippen LogP contribution in [0.15, 0.2) is 18.2 Å². The molecule has 2 N–H and O–H groups in total. The predicted octanol–water partition coefficient (Wildman–Crippen LogP) is 2.99. The van der Waals surface area contributed by atoms with Gasteiger partial charge in [0.15, 0.2) is 0 Å². The first kappa shape index (κ1) is 14.7. The van der Waals surface area contributed by atoms with Gasteiger partial charge in [-0.05, 0) is 44.9 Å². The van der Waals surface area contributed by atoms with Crippen molar-refractivity contribution in [2.45, 2.75) is 46.1 Å². The molecule has 0 saturated heterocycles. The number of benzene rings is 1. The predicted molar refractivity (Wildman–Crippen MR) is 73.8 cm³/mol. The number of carbonyl (C=O) groups is 1. The topological polar surface area (TPSA) is 49.3 Å². The number of aliphatic carboxylic acids is 1. The molecule has 100 valence electrons. The molecule has 0 spiro atoms. The molecule has 0 aliphatic rings. The summed E-state index contributed by atoms with van der Waals surface area (Å²) in [6, 6.07) is 6.18. The largest absolute Gasteiger partial charge is 0.481 e. The van der Waals surface area contributed by atoms with Crippen LogP contribution < -0.4 is 5.32 Å². The van der Waals surface area contributed by atoms with Gasteiger partial charge in [-0.25, -0.2) is 0 Å². The van der Waals surface area contributed by atoms with E-state index in [-0.39, 0.29) is 6.42 Å². The second-order valence-corrected chi connectivity index (χ2v) is 5.15. The summed E-state index contributed by atoms with van der Waals surface area (Å²) in [7, 11) is 0. The first-order valence-electron chi connectivity index (χ1n) is 6.43. The van der Waals surface area contributed by atoms with E-state index in [4.69, 9.17) is 5.11 Å². The lowest BCUT2D eigenvalue weighted by molar-refractivity contribution is -0.138. The first-order chi connectivity index (χ1) is 8.39. The average Bonchev–Trinajstić information content (AvgIpc) is 2.25. The zero-order valence-corrected chi connectivity index (χ0v) is 11.7. The average molecular weight is 249 g/mol. The minimum absolute atomic E-state index is 0.0941. The van der Waals surface area contributed by atoms with Crippen LogP contribution >= 0.6 is 0 Å². The summed E-state index contributed by atoms with van der Waals surface area (Å²) in [5.41, 5.74) is 2.91. The van der Waals surface area contributed by atoms with Crippen molar-refractivity contribution in [3.63, 3.8) is 0 Å². The maximum absolute atomic E-state index is 11.1. The van der Waals surface area contributed by atoms with Gasteiger partial charge in [-0.2, -0.15) is 0 Å². The fourth-order valence-corrected chi connectivity index (χ4v) is 2.39. The molecule has 1 unspecified atom stereocenters. The summed E-state index contributed by atoms with van der Waals surface area (Å²) in [5, 5.41) is 12.5. The summed E-state index contributed by atoms with van der Waals surface area (Å²) < 4.78 is 0. The molecule has 0 heterocycles. The normalized spacial score (nSPS) is 14.2. The highest BCUT2D eigenvalue weighted by molar-refractivity contribution is 5.69. The van der Waals surface area contributed by atoms with Crippen LogP contribution in [0.3, 0.4) is 0 Å². The van der Waals surface area contributed by atoms with Gasteiger partial charge in [0, 0.05) is 0 Å². The van der Waals surface area contributed by atoms with Gasteiger partial charge in [0.25, 0.3) is 0 Å². The van der Waals surface area contributed by atoms with E-state index in [0.717, 1.165) is 24.1 Å². The van der Waals surface area contributed by atoms with E-state index in [1.54, 1.807) is 0 Å². The third-order valence-electron chi connectivity index (χ3n) is 3.25. The van der Waals surface area contributed by atoms with Crippen LogP contribution in [0.1, 0.15) is 43.4 Å². The van der Waals surface area contributed by atoms with Gasteiger partial charge in [-0.3, -0.25) is 4.79 Å². The van der Waals surface area contributed by atoms with E-state index in [2.05, 4.69) is 18.3 Å². The summed E-state index contributed by atoms with van der Waals surface area (Å²) in [6.45, 7) is 8.95. The van der Waals surface area contributed by atoms with Gasteiger partial charge in [0.05, 0.1) is 12.0 Å². The smallest absolute Gasteiger partial charge is 0.305 e. The van der Waals surface area contributed by atoms with Gasteiger partial charge in [-0.15, -0.1) is 0 Å². The van der Waals surface area contributed by atoms with Gasteiger partial charge in [0.2, 0.25) is 0 Å². The lowest BCUT2D eigenvalue weighted by Crippen LogP contribution is -2.42. The number of rotatable bonds is 6. The summed E-state index contributed by atoms with van der Waals surface area (Å²) in [5.74, 6) is -0.777. The fourth-order valence-electron chi connectivity index (χ4n) is 2.39. The maximum atomic E-state index is 11.1. The van der Waals surface area contributed by atoms with Crippen LogP contribution in [0.5, 0.6) is 0 Å². The molecule has 18 heavy (non-hydrogen) atoms. The standard InChI is InChI=1S/C15H23NO2/c1-5-8-16-15(4,10-14(17)18)13-7-6-11(2)9-12(13)3/h6-7,9,16H,5,8,10H2,1-4H3,(H,17,18). The van der Waals surface area contributed by atoms with Gasteiger partial charge in [-0.1, -0.05) is 30.7 Å². The molecule has 0 bridgehead atoms. The quantitative estimate of drug-likeness (QED) is 0.815. The van der Waals surface area contributed by atoms with Crippen LogP contribution in [0.2, 0.25) is 0 Å². The second kappa shape index (κ2) is 6.01. The number of hydrogen-bond acceptors (Lipinski definition) is 2. The molecule has 1 rings (SSSR count). The molecule has 0 fully saturated rings. The molecule has 0 amide bonds. The molecule has 1 aromatic carbocycles. The number of hydrogen-bond donors (Lipinski definition) is 2. The first-order valence-corrected chi connectivity index (χ1v) is 6.43. The lowest BCUT2D eigenvalue weighted by atomic mass is 9.85. The van der Waals surface area contributed by atoms with E-state index < -0.39 is 11.5 Å². The van der Waals surface area contributed by atoms with Crippen molar-refractivity contribution in [3.05, 3.63) is 34.9 Å². The Balaban J connectivity index is 3.11. The minimum atomic E-state index is -0.777. The van der Waals surface area contributed by atoms with Crippen molar-refractivity contribution in [1.29, 1.82) is 0 Å². The molecule has 3 heteroatoms. The monoisotopic (exact) mass is 249 g/mol. The maximum Gasteiger partial charge on any atom is 0.305 e. The third kappa shape index (κ3) is 3.57. The Morgan fingerprint density at radius 3 is 2.56 bits per heavy atom. The van der Waals surface area contributed by atoms with Gasteiger partial charge < -0.3 is 10.4 Å². The molecule has 0 radical (unpaired) electrons. The van der Waals surface area contributed by atoms with E-state index in [9.17, 15) is 4.79 Å². The summed E-state index contributed by atoms with van der Waals surface area (Å²) in [4.78, 5) is 11.1. The minimum Gasteiger partial charge on any atom is -0.481 e. The van der Waals surface area contributed by atoms with Crippen molar-refractivity contribution in [3.8, 4) is 0 Å². The Labute approximate surface area is 109 Å². The van der Waals surface area contributed by atoms with Crippen LogP contribution in [-0.4, -0.2) is 17.6 Å². The number of nitrogens with one attached hydrogen (secondary N) is 1. The van der Waals surface area contributed by atoms with Crippen molar-refractivity contribution >= 4 is 5.97 Å². The molecule has 0 aliphatic carbocycles. The zero-order chi connectivity index (χ0) is 13.8. The third-order valence-corrected chi connectivity index (χ3v) is 3.25. The Kier molecular flexibility index (Phi) is 4.91. The molecule has 0 saturated carbocycles. The van der Waals surface area contributed by atoms with E-state index >= 15 is 0 Å². The highest BCUT2D eigenvalue weighted by Gasteiger charge is 2.30. The Bertz CT molecular complexity index is 429. The van der Waals surface area contributed by atoms with Crippen molar-refractivity contribution in [2.75, 3.05) is 6.54 Å². The zero-order valence-electron chi connectivity index (χ0n) is 11.7. The molecule has 3 nitrogen and oxygen atoms in total. The molecule has 1 atom stereocenters. The van der Waals surface area contributed by atoms with E-state index in [0.29, 0.717) is 0 Å². The van der Waals surface area contributed by atoms with Crippen molar-refractivity contribution < 1.29 is 9.90 Å². The summed E-state index contributed by atoms with van der Waals surface area (Å²) in [6.07, 6.45) is 1.08. The highest BCUT2D eigenvalue weighted by atomic mass is 16.4. The molecule has 0 aromatic heterocycles. The number of aryl methyl sites for hydroxylation is 2. The summed E-state index contributed by atoms with van der Waals surface area (Å²) >= 11 is 0. The van der Waals surface area contributed by atoms with Crippen LogP contribution in [0.4, 0.5) is 0 Å². The van der Waals surface area contributed by atoms with Crippen LogP contribution in [0, 0.1) is 13.8 Å². The van der Waals surface area contributed by atoms with E-state index in [1.807, 2.05) is 32.9 Å². The Morgan fingerprint density at radius 1 is 1.39 bits per heavy atom. The van der Waals surface area contributed by atoms with Gasteiger partial charge in [0.1, 0.15) is 0 Å². The van der Waals surface area contributed by atoms with Crippen LogP contribution in [0.25, 0.3) is 0 Å². The fraction of sp³-hybridized carbons (Fsp3) is 0.533. The lowest BCUT2D eigenvalue weighted by Gasteiger charge is -2.31. The second-order valence-electron chi connectivity index (χ2n) is 5.15. The molecular weight excluding hydrogens is 226 g/mol. The highest BCUT2D eigenvalue weighted by Crippen LogP contribution is 2.28. The van der Waals surface area contributed by atoms with E-state index in [1.165, 1.54) is 5.56 Å².